The van der Waals surface area contributed by atoms with Gasteiger partial charge in [-0.25, -0.2) is 14.5 Å². The maximum Gasteiger partial charge on any atom is 0.359 e. The Morgan fingerprint density at radius 1 is 1.08 bits per heavy atom. The van der Waals surface area contributed by atoms with Crippen molar-refractivity contribution in [3.63, 3.8) is 0 Å². The molecule has 0 spiro atoms. The van der Waals surface area contributed by atoms with Crippen LogP contribution in [-0.4, -0.2) is 31.4 Å². The maximum absolute atomic E-state index is 12.5. The highest BCUT2D eigenvalue weighted by Gasteiger charge is 2.18. The van der Waals surface area contributed by atoms with Crippen molar-refractivity contribution in [2.45, 2.75) is 11.8 Å². The van der Waals surface area contributed by atoms with Gasteiger partial charge in [-0.15, -0.1) is 0 Å². The van der Waals surface area contributed by atoms with Gasteiger partial charge in [-0.2, -0.15) is 5.10 Å². The summed E-state index contributed by atoms with van der Waals surface area (Å²) in [7, 11) is 0. The van der Waals surface area contributed by atoms with Crippen LogP contribution in [0.2, 0.25) is 0 Å². The summed E-state index contributed by atoms with van der Waals surface area (Å²) in [5.74, 6) is -0.455. The largest absolute Gasteiger partial charge is 0.454 e. The predicted octanol–water partition coefficient (Wildman–Crippen LogP) is 3.60. The number of carbonyl (C=O) groups excluding carboxylic acids is 1. The number of fused-ring (bicyclic) bond motifs is 1. The number of hydrogen-bond donors (Lipinski definition) is 0. The second-order valence-corrected chi connectivity index (χ2v) is 6.34. The zero-order valence-corrected chi connectivity index (χ0v) is 14.9. The van der Waals surface area contributed by atoms with Gasteiger partial charge >= 0.3 is 5.97 Å². The molecule has 4 rings (SSSR count). The molecule has 0 amide bonds. The van der Waals surface area contributed by atoms with E-state index in [0.717, 1.165) is 16.4 Å². The molecule has 0 aliphatic carbocycles. The van der Waals surface area contributed by atoms with E-state index in [2.05, 4.69) is 10.1 Å². The number of imidazole rings is 1. The Balaban J connectivity index is 1.51. The molecule has 3 aromatic heterocycles. The summed E-state index contributed by atoms with van der Waals surface area (Å²) < 4.78 is 9.06. The van der Waals surface area contributed by atoms with E-state index in [0.29, 0.717) is 11.4 Å². The summed E-state index contributed by atoms with van der Waals surface area (Å²) in [5, 5.41) is 5.19. The van der Waals surface area contributed by atoms with Crippen LogP contribution >= 0.6 is 11.8 Å². The fourth-order valence-electron chi connectivity index (χ4n) is 2.67. The van der Waals surface area contributed by atoms with Crippen LogP contribution in [0.15, 0.2) is 72.1 Å². The topological polar surface area (TPSA) is 61.4 Å². The number of nitrogens with zero attached hydrogens (tertiary/aromatic N) is 4. The average Bonchev–Trinajstić information content (AvgIpc) is 3.31. The van der Waals surface area contributed by atoms with E-state index < -0.39 is 5.97 Å². The molecule has 7 heteroatoms. The Hall–Kier alpha value is -3.06. The molecule has 0 atom stereocenters. The number of para-hydroxylation sites is 1. The van der Waals surface area contributed by atoms with Crippen molar-refractivity contribution in [2.24, 2.45) is 0 Å². The van der Waals surface area contributed by atoms with E-state index in [1.54, 1.807) is 4.68 Å². The summed E-state index contributed by atoms with van der Waals surface area (Å²) in [6, 6.07) is 17.2. The second kappa shape index (κ2) is 7.05. The van der Waals surface area contributed by atoms with Crippen molar-refractivity contribution in [1.82, 2.24) is 19.2 Å². The van der Waals surface area contributed by atoms with Crippen molar-refractivity contribution in [1.29, 1.82) is 0 Å². The van der Waals surface area contributed by atoms with Crippen molar-refractivity contribution in [2.75, 3.05) is 6.26 Å². The van der Waals surface area contributed by atoms with Gasteiger partial charge in [0.2, 0.25) is 0 Å². The molecular weight excluding hydrogens is 348 g/mol. The fraction of sp³-hybridized carbons (Fsp3) is 0.105. The smallest absolute Gasteiger partial charge is 0.359 e. The second-order valence-electron chi connectivity index (χ2n) is 5.57. The van der Waals surface area contributed by atoms with Gasteiger partial charge in [0.15, 0.2) is 10.9 Å². The Morgan fingerprint density at radius 2 is 1.88 bits per heavy atom. The number of thioether (sulfide) groups is 1. The van der Waals surface area contributed by atoms with Crippen LogP contribution in [-0.2, 0) is 11.3 Å². The first-order valence-electron chi connectivity index (χ1n) is 8.04. The van der Waals surface area contributed by atoms with Crippen LogP contribution in [0.4, 0.5) is 0 Å². The van der Waals surface area contributed by atoms with Gasteiger partial charge in [-0.3, -0.25) is 4.40 Å². The lowest BCUT2D eigenvalue weighted by atomic mass is 10.3. The number of aromatic nitrogens is 4. The minimum atomic E-state index is -0.455. The third-order valence-corrected chi connectivity index (χ3v) is 4.56. The van der Waals surface area contributed by atoms with Crippen LogP contribution in [0.25, 0.3) is 11.2 Å². The lowest BCUT2D eigenvalue weighted by Gasteiger charge is -2.02. The number of esters is 1. The molecule has 4 aromatic rings. The number of hydrogen-bond acceptors (Lipinski definition) is 5. The Kier molecular flexibility index (Phi) is 4.45. The molecule has 0 aliphatic heterocycles. The SMILES string of the molecule is CSc1nc(C(=O)OCc2ccn(-c3ccccc3)n2)c2ccccn12. The standard InChI is InChI=1S/C19H16N4O2S/c1-26-19-20-17(16-9-5-6-11-22(16)19)18(24)25-13-14-10-12-23(21-14)15-7-3-2-4-8-15/h2-12H,13H2,1H3. The normalized spacial score (nSPS) is 11.0. The number of carbonyl (C=O) groups is 1. The first-order valence-corrected chi connectivity index (χ1v) is 9.27. The highest BCUT2D eigenvalue weighted by molar-refractivity contribution is 7.98. The van der Waals surface area contributed by atoms with E-state index >= 15 is 0 Å². The molecule has 3 heterocycles. The lowest BCUT2D eigenvalue weighted by Crippen LogP contribution is -2.07. The minimum absolute atomic E-state index is 0.0964. The van der Waals surface area contributed by atoms with Gasteiger partial charge in [0.25, 0.3) is 0 Å². The van der Waals surface area contributed by atoms with E-state index in [4.69, 9.17) is 4.74 Å². The molecule has 0 radical (unpaired) electrons. The maximum atomic E-state index is 12.5. The summed E-state index contributed by atoms with van der Waals surface area (Å²) in [6.45, 7) is 0.0964. The third-order valence-electron chi connectivity index (χ3n) is 3.91. The van der Waals surface area contributed by atoms with Gasteiger partial charge in [0.1, 0.15) is 12.3 Å². The number of pyridine rings is 1. The van der Waals surface area contributed by atoms with Crippen LogP contribution < -0.4 is 0 Å². The number of rotatable bonds is 5. The third kappa shape index (κ3) is 3.09. The highest BCUT2D eigenvalue weighted by Crippen LogP contribution is 2.20. The Labute approximate surface area is 154 Å². The van der Waals surface area contributed by atoms with Crippen molar-refractivity contribution in [3.8, 4) is 5.69 Å². The molecule has 0 bridgehead atoms. The van der Waals surface area contributed by atoms with Gasteiger partial charge < -0.3 is 4.74 Å². The molecule has 6 nitrogen and oxygen atoms in total. The summed E-state index contributed by atoms with van der Waals surface area (Å²) in [4.78, 5) is 16.9. The molecule has 0 N–H and O–H groups in total. The van der Waals surface area contributed by atoms with E-state index in [9.17, 15) is 4.79 Å². The van der Waals surface area contributed by atoms with Crippen LogP contribution in [0.3, 0.4) is 0 Å². The quantitative estimate of drug-likeness (QED) is 0.400. The first-order chi connectivity index (χ1) is 12.8. The van der Waals surface area contributed by atoms with Crippen LogP contribution in [0, 0.1) is 0 Å². The van der Waals surface area contributed by atoms with Crippen LogP contribution in [0.5, 0.6) is 0 Å². The molecule has 26 heavy (non-hydrogen) atoms. The van der Waals surface area contributed by atoms with Gasteiger partial charge in [0.05, 0.1) is 11.2 Å². The van der Waals surface area contributed by atoms with Crippen molar-refractivity contribution >= 4 is 23.2 Å². The number of benzene rings is 1. The molecule has 1 aromatic carbocycles. The van der Waals surface area contributed by atoms with E-state index in [1.807, 2.05) is 77.6 Å². The molecule has 0 saturated carbocycles. The van der Waals surface area contributed by atoms with Gasteiger partial charge in [0, 0.05) is 12.4 Å². The monoisotopic (exact) mass is 364 g/mol. The molecule has 0 saturated heterocycles. The molecule has 0 unspecified atom stereocenters. The van der Waals surface area contributed by atoms with Crippen molar-refractivity contribution < 1.29 is 9.53 Å². The van der Waals surface area contributed by atoms with Crippen molar-refractivity contribution in [3.05, 3.63) is 78.4 Å². The lowest BCUT2D eigenvalue weighted by molar-refractivity contribution is 0.0463. The molecule has 130 valence electrons. The number of ether oxygens (including phenoxy) is 1. The molecular formula is C19H16N4O2S. The van der Waals surface area contributed by atoms with Crippen LogP contribution in [0.1, 0.15) is 16.2 Å². The Bertz CT molecular complexity index is 1060. The molecule has 0 fully saturated rings. The fourth-order valence-corrected chi connectivity index (χ4v) is 3.21. The summed E-state index contributed by atoms with van der Waals surface area (Å²) in [5.41, 5.74) is 2.68. The molecule has 0 aliphatic rings. The van der Waals surface area contributed by atoms with E-state index in [1.165, 1.54) is 11.8 Å². The van der Waals surface area contributed by atoms with Gasteiger partial charge in [-0.1, -0.05) is 36.0 Å². The summed E-state index contributed by atoms with van der Waals surface area (Å²) in [6.07, 6.45) is 5.65. The predicted molar refractivity (Wildman–Crippen MR) is 99.7 cm³/mol. The average molecular weight is 364 g/mol. The van der Waals surface area contributed by atoms with E-state index in [-0.39, 0.29) is 6.61 Å². The zero-order chi connectivity index (χ0) is 17.9. The Morgan fingerprint density at radius 3 is 2.69 bits per heavy atom. The zero-order valence-electron chi connectivity index (χ0n) is 14.1. The van der Waals surface area contributed by atoms with Gasteiger partial charge in [-0.05, 0) is 36.6 Å². The minimum Gasteiger partial charge on any atom is -0.454 e. The highest BCUT2D eigenvalue weighted by atomic mass is 32.2. The first kappa shape index (κ1) is 16.4. The summed E-state index contributed by atoms with van der Waals surface area (Å²) >= 11 is 1.48.